The van der Waals surface area contributed by atoms with E-state index in [0.717, 1.165) is 30.6 Å². The van der Waals surface area contributed by atoms with Gasteiger partial charge in [0, 0.05) is 11.8 Å². The van der Waals surface area contributed by atoms with Crippen LogP contribution < -0.4 is 0 Å². The quantitative estimate of drug-likeness (QED) is 0.680. The number of fused-ring (bicyclic) bond motifs is 5. The van der Waals surface area contributed by atoms with Crippen molar-refractivity contribution >= 4 is 5.78 Å². The van der Waals surface area contributed by atoms with E-state index >= 15 is 0 Å². The molecular weight excluding hydrogens is 286 g/mol. The summed E-state index contributed by atoms with van der Waals surface area (Å²) in [6, 6.07) is 0. The Balaban J connectivity index is 1.72. The van der Waals surface area contributed by atoms with Crippen LogP contribution in [0.25, 0.3) is 0 Å². The number of carbonyl (C=O) groups is 1. The number of hydrogen-bond donors (Lipinski definition) is 0. The van der Waals surface area contributed by atoms with E-state index in [1.54, 1.807) is 0 Å². The second-order valence-electron chi connectivity index (χ2n) is 9.02. The molecule has 0 aromatic heterocycles. The van der Waals surface area contributed by atoms with Crippen LogP contribution in [0, 0.1) is 39.4 Å². The van der Waals surface area contributed by atoms with Gasteiger partial charge in [-0.2, -0.15) is 4.91 Å². The average molecular weight is 315 g/mol. The van der Waals surface area contributed by atoms with Gasteiger partial charge in [-0.15, -0.1) is 0 Å². The average Bonchev–Trinajstić information content (AvgIpc) is 2.84. The normalized spacial score (nSPS) is 49.0. The third-order valence-corrected chi connectivity index (χ3v) is 8.51. The van der Waals surface area contributed by atoms with Gasteiger partial charge < -0.3 is 0 Å². The standard InChI is InChI=1S/C20H29NO2/c1-13-3-6-17-16-5-4-14-11-15(22)7-10-20(14,12-21-23)18(16)8-9-19(13,17)2/h11,13,16-18H,3-10,12H2,1-2H3/t13-,16?,17?,18?,19+,20+/m0/s1. The Kier molecular flexibility index (Phi) is 3.55. The summed E-state index contributed by atoms with van der Waals surface area (Å²) in [5.74, 6) is 3.23. The monoisotopic (exact) mass is 315 g/mol. The van der Waals surface area contributed by atoms with Crippen LogP contribution in [0.1, 0.15) is 65.2 Å². The SMILES string of the molecule is C[C@H]1CCC2C3CCC4=CC(=O)CC[C@]4(CN=O)C3CC[C@@]21C. The predicted molar refractivity (Wildman–Crippen MR) is 90.9 cm³/mol. The number of hydrogen-bond acceptors (Lipinski definition) is 3. The van der Waals surface area contributed by atoms with Crippen LogP contribution in [0.3, 0.4) is 0 Å². The maximum Gasteiger partial charge on any atom is 0.155 e. The number of nitroso groups, excluding NO2 is 1. The molecule has 3 saturated carbocycles. The summed E-state index contributed by atoms with van der Waals surface area (Å²) in [6.45, 7) is 5.36. The maximum absolute atomic E-state index is 11.9. The van der Waals surface area contributed by atoms with E-state index in [4.69, 9.17) is 0 Å². The summed E-state index contributed by atoms with van der Waals surface area (Å²) in [4.78, 5) is 23.2. The van der Waals surface area contributed by atoms with Gasteiger partial charge in [0.05, 0.1) is 6.54 Å². The van der Waals surface area contributed by atoms with Gasteiger partial charge in [0.25, 0.3) is 0 Å². The molecular formula is C20H29NO2. The molecule has 0 aliphatic heterocycles. The first-order valence-corrected chi connectivity index (χ1v) is 9.54. The summed E-state index contributed by atoms with van der Waals surface area (Å²) in [5, 5.41) is 3.37. The van der Waals surface area contributed by atoms with Gasteiger partial charge in [-0.25, -0.2) is 0 Å². The molecule has 0 saturated heterocycles. The van der Waals surface area contributed by atoms with E-state index in [2.05, 4.69) is 19.0 Å². The lowest BCUT2D eigenvalue weighted by molar-refractivity contribution is -0.117. The first-order valence-electron chi connectivity index (χ1n) is 9.54. The van der Waals surface area contributed by atoms with Crippen molar-refractivity contribution < 1.29 is 4.79 Å². The van der Waals surface area contributed by atoms with Crippen molar-refractivity contribution in [3.63, 3.8) is 0 Å². The lowest BCUT2D eigenvalue weighted by Crippen LogP contribution is -2.52. The Morgan fingerprint density at radius 1 is 1.13 bits per heavy atom. The topological polar surface area (TPSA) is 46.5 Å². The molecule has 3 fully saturated rings. The Bertz CT molecular complexity index is 568. The lowest BCUT2D eigenvalue weighted by atomic mass is 9.46. The van der Waals surface area contributed by atoms with Crippen molar-refractivity contribution in [2.75, 3.05) is 6.54 Å². The Labute approximate surface area is 139 Å². The van der Waals surface area contributed by atoms with Crippen molar-refractivity contribution in [1.29, 1.82) is 0 Å². The van der Waals surface area contributed by atoms with Gasteiger partial charge in [-0.1, -0.05) is 24.6 Å². The largest absolute Gasteiger partial charge is 0.295 e. The molecule has 0 amide bonds. The highest BCUT2D eigenvalue weighted by Gasteiger charge is 2.59. The third kappa shape index (κ3) is 2.04. The van der Waals surface area contributed by atoms with Crippen molar-refractivity contribution in [3.8, 4) is 0 Å². The minimum Gasteiger partial charge on any atom is -0.295 e. The number of carbonyl (C=O) groups excluding carboxylic acids is 1. The Hall–Kier alpha value is -0.990. The van der Waals surface area contributed by atoms with Crippen molar-refractivity contribution in [2.45, 2.75) is 65.2 Å². The van der Waals surface area contributed by atoms with E-state index < -0.39 is 0 Å². The summed E-state index contributed by atoms with van der Waals surface area (Å²) in [6.07, 6.45) is 10.8. The summed E-state index contributed by atoms with van der Waals surface area (Å²) in [5.41, 5.74) is 1.69. The van der Waals surface area contributed by atoms with Gasteiger partial charge in [-0.3, -0.25) is 4.79 Å². The fourth-order valence-corrected chi connectivity index (χ4v) is 7.04. The summed E-state index contributed by atoms with van der Waals surface area (Å²) in [7, 11) is 0. The van der Waals surface area contributed by atoms with Crippen LogP contribution in [0.4, 0.5) is 0 Å². The van der Waals surface area contributed by atoms with Gasteiger partial charge in [-0.05, 0) is 80.1 Å². The van der Waals surface area contributed by atoms with Crippen LogP contribution in [-0.2, 0) is 4.79 Å². The van der Waals surface area contributed by atoms with E-state index in [1.165, 1.54) is 37.7 Å². The van der Waals surface area contributed by atoms with E-state index in [1.807, 2.05) is 6.08 Å². The van der Waals surface area contributed by atoms with Gasteiger partial charge >= 0.3 is 0 Å². The molecule has 126 valence electrons. The molecule has 6 atom stereocenters. The van der Waals surface area contributed by atoms with E-state index in [0.29, 0.717) is 24.3 Å². The molecule has 4 aliphatic rings. The molecule has 0 aromatic carbocycles. The molecule has 0 bridgehead atoms. The van der Waals surface area contributed by atoms with E-state index in [-0.39, 0.29) is 11.2 Å². The Morgan fingerprint density at radius 3 is 2.74 bits per heavy atom. The zero-order valence-electron chi connectivity index (χ0n) is 14.5. The van der Waals surface area contributed by atoms with Crippen molar-refractivity contribution in [2.24, 2.45) is 39.7 Å². The van der Waals surface area contributed by atoms with Crippen LogP contribution in [0.2, 0.25) is 0 Å². The van der Waals surface area contributed by atoms with Gasteiger partial charge in [0.2, 0.25) is 0 Å². The third-order valence-electron chi connectivity index (χ3n) is 8.51. The summed E-state index contributed by atoms with van der Waals surface area (Å²) >= 11 is 0. The molecule has 3 unspecified atom stereocenters. The molecule has 0 radical (unpaired) electrons. The number of rotatable bonds is 2. The first kappa shape index (κ1) is 15.5. The fourth-order valence-electron chi connectivity index (χ4n) is 7.04. The molecule has 0 heterocycles. The highest BCUT2D eigenvalue weighted by molar-refractivity contribution is 5.91. The van der Waals surface area contributed by atoms with Crippen LogP contribution in [0.15, 0.2) is 16.8 Å². The number of ketones is 1. The van der Waals surface area contributed by atoms with Crippen molar-refractivity contribution in [1.82, 2.24) is 0 Å². The Morgan fingerprint density at radius 2 is 1.96 bits per heavy atom. The van der Waals surface area contributed by atoms with Gasteiger partial charge in [0.1, 0.15) is 0 Å². The molecule has 0 N–H and O–H groups in total. The zero-order valence-corrected chi connectivity index (χ0v) is 14.5. The molecule has 4 aliphatic carbocycles. The van der Waals surface area contributed by atoms with E-state index in [9.17, 15) is 9.70 Å². The molecule has 0 aromatic rings. The minimum absolute atomic E-state index is 0.0776. The molecule has 0 spiro atoms. The van der Waals surface area contributed by atoms with Crippen LogP contribution >= 0.6 is 0 Å². The van der Waals surface area contributed by atoms with Crippen LogP contribution in [-0.4, -0.2) is 12.3 Å². The predicted octanol–water partition coefficient (Wildman–Crippen LogP) is 4.90. The maximum atomic E-state index is 11.9. The second-order valence-corrected chi connectivity index (χ2v) is 9.02. The minimum atomic E-state index is -0.0776. The highest BCUT2D eigenvalue weighted by Crippen LogP contribution is 2.66. The van der Waals surface area contributed by atoms with Crippen molar-refractivity contribution in [3.05, 3.63) is 16.6 Å². The first-order chi connectivity index (χ1) is 11.0. The lowest BCUT2D eigenvalue weighted by Gasteiger charge is -2.58. The molecule has 3 heteroatoms. The zero-order chi connectivity index (χ0) is 16.2. The molecule has 3 nitrogen and oxygen atoms in total. The summed E-state index contributed by atoms with van der Waals surface area (Å²) < 4.78 is 0. The molecule has 4 rings (SSSR count). The smallest absolute Gasteiger partial charge is 0.155 e. The number of nitrogens with zero attached hydrogens (tertiary/aromatic N) is 1. The van der Waals surface area contributed by atoms with Crippen LogP contribution in [0.5, 0.6) is 0 Å². The molecule has 23 heavy (non-hydrogen) atoms. The van der Waals surface area contributed by atoms with Gasteiger partial charge in [0.15, 0.2) is 5.78 Å². The second kappa shape index (κ2) is 5.26. The highest BCUT2D eigenvalue weighted by atomic mass is 16.3. The fraction of sp³-hybridized carbons (Fsp3) is 0.850.